The number of aryl methyl sites for hydroxylation is 1. The van der Waals surface area contributed by atoms with Gasteiger partial charge in [0.15, 0.2) is 9.84 Å². The highest BCUT2D eigenvalue weighted by atomic mass is 32.2. The van der Waals surface area contributed by atoms with Crippen LogP contribution in [0.15, 0.2) is 18.2 Å². The third-order valence-electron chi connectivity index (χ3n) is 3.29. The molecule has 19 heavy (non-hydrogen) atoms. The number of hydrogen-bond donors (Lipinski definition) is 1. The maximum absolute atomic E-state index is 13.1. The van der Waals surface area contributed by atoms with Gasteiger partial charge in [0.25, 0.3) is 0 Å². The van der Waals surface area contributed by atoms with Gasteiger partial charge in [-0.25, -0.2) is 12.8 Å². The summed E-state index contributed by atoms with van der Waals surface area (Å²) in [6, 6.07) is 4.63. The topological polar surface area (TPSA) is 63.2 Å². The van der Waals surface area contributed by atoms with E-state index in [9.17, 15) is 17.6 Å². The number of halogens is 1. The largest absolute Gasteiger partial charge is 0.352 e. The highest BCUT2D eigenvalue weighted by Gasteiger charge is 2.32. The van der Waals surface area contributed by atoms with Crippen LogP contribution in [0.2, 0.25) is 0 Å². The van der Waals surface area contributed by atoms with Gasteiger partial charge in [-0.2, -0.15) is 0 Å². The van der Waals surface area contributed by atoms with Gasteiger partial charge in [0.2, 0.25) is 5.91 Å². The van der Waals surface area contributed by atoms with E-state index in [4.69, 9.17) is 0 Å². The van der Waals surface area contributed by atoms with Crippen molar-refractivity contribution < 1.29 is 17.6 Å². The van der Waals surface area contributed by atoms with Crippen molar-refractivity contribution in [3.05, 3.63) is 35.1 Å². The van der Waals surface area contributed by atoms with Crippen molar-refractivity contribution >= 4 is 15.7 Å². The van der Waals surface area contributed by atoms with Crippen LogP contribution in [0.5, 0.6) is 0 Å². The summed E-state index contributed by atoms with van der Waals surface area (Å²) in [5.74, 6) is -0.964. The molecule has 1 atom stereocenters. The molecule has 0 spiro atoms. The molecule has 1 aromatic carbocycles. The summed E-state index contributed by atoms with van der Waals surface area (Å²) in [7, 11) is -3.05. The predicted octanol–water partition coefficient (Wildman–Crippen LogP) is 1.19. The molecule has 1 amide bonds. The first-order valence-electron chi connectivity index (χ1n) is 6.10. The molecule has 1 heterocycles. The van der Waals surface area contributed by atoms with E-state index >= 15 is 0 Å². The van der Waals surface area contributed by atoms with Crippen LogP contribution in [0.1, 0.15) is 17.5 Å². The van der Waals surface area contributed by atoms with E-state index in [1.807, 2.05) is 0 Å². The Bertz CT molecular complexity index is 598. The molecule has 0 aromatic heterocycles. The number of amides is 1. The summed E-state index contributed by atoms with van der Waals surface area (Å²) in [6.45, 7) is 1.95. The third kappa shape index (κ3) is 3.53. The van der Waals surface area contributed by atoms with E-state index in [2.05, 4.69) is 5.32 Å². The normalized spacial score (nSPS) is 21.3. The van der Waals surface area contributed by atoms with Crippen molar-refractivity contribution in [3.63, 3.8) is 0 Å². The molecule has 104 valence electrons. The number of benzene rings is 1. The van der Waals surface area contributed by atoms with Crippen LogP contribution < -0.4 is 5.32 Å². The van der Waals surface area contributed by atoms with Crippen molar-refractivity contribution in [1.29, 1.82) is 0 Å². The number of sulfone groups is 1. The number of carbonyl (C=O) groups is 1. The summed E-state index contributed by atoms with van der Waals surface area (Å²) < 4.78 is 35.6. The summed E-state index contributed by atoms with van der Waals surface area (Å²) in [4.78, 5) is 11.8. The van der Waals surface area contributed by atoms with Crippen LogP contribution in [0.4, 0.5) is 4.39 Å². The molecule has 0 bridgehead atoms. The predicted molar refractivity (Wildman–Crippen MR) is 69.7 cm³/mol. The highest BCUT2D eigenvalue weighted by molar-refractivity contribution is 7.91. The smallest absolute Gasteiger partial charge is 0.224 e. The maximum Gasteiger partial charge on any atom is 0.224 e. The molecule has 1 saturated heterocycles. The average molecular weight is 285 g/mol. The Kier molecular flexibility index (Phi) is 3.89. The van der Waals surface area contributed by atoms with Crippen molar-refractivity contribution in [3.8, 4) is 0 Å². The molecule has 1 aromatic rings. The number of nitrogens with one attached hydrogen (secondary N) is 1. The molecule has 1 aliphatic rings. The molecular weight excluding hydrogens is 269 g/mol. The van der Waals surface area contributed by atoms with Crippen LogP contribution in [0.3, 0.4) is 0 Å². The van der Waals surface area contributed by atoms with E-state index in [1.54, 1.807) is 19.1 Å². The Morgan fingerprint density at radius 3 is 2.79 bits per heavy atom. The second-order valence-corrected chi connectivity index (χ2v) is 7.13. The van der Waals surface area contributed by atoms with Crippen molar-refractivity contribution in [2.24, 2.45) is 5.92 Å². The lowest BCUT2D eigenvalue weighted by Gasteiger charge is -2.10. The lowest BCUT2D eigenvalue weighted by Crippen LogP contribution is -2.30. The lowest BCUT2D eigenvalue weighted by atomic mass is 10.1. The zero-order valence-corrected chi connectivity index (χ0v) is 11.5. The summed E-state index contributed by atoms with van der Waals surface area (Å²) in [5.41, 5.74) is 1.32. The molecule has 1 N–H and O–H groups in total. The monoisotopic (exact) mass is 285 g/mol. The van der Waals surface area contributed by atoms with Gasteiger partial charge in [0, 0.05) is 6.54 Å². The molecule has 2 rings (SSSR count). The first-order valence-corrected chi connectivity index (χ1v) is 7.93. The minimum atomic E-state index is -3.05. The Morgan fingerprint density at radius 2 is 2.21 bits per heavy atom. The van der Waals surface area contributed by atoms with E-state index < -0.39 is 15.8 Å². The number of rotatable bonds is 3. The second kappa shape index (κ2) is 5.28. The molecule has 1 aliphatic heterocycles. The molecule has 0 saturated carbocycles. The van der Waals surface area contributed by atoms with Crippen molar-refractivity contribution in [2.45, 2.75) is 19.9 Å². The van der Waals surface area contributed by atoms with Crippen LogP contribution in [-0.4, -0.2) is 25.8 Å². The van der Waals surface area contributed by atoms with Gasteiger partial charge >= 0.3 is 0 Å². The van der Waals surface area contributed by atoms with Crippen LogP contribution >= 0.6 is 0 Å². The summed E-state index contributed by atoms with van der Waals surface area (Å²) >= 11 is 0. The van der Waals surface area contributed by atoms with Gasteiger partial charge in [-0.1, -0.05) is 12.1 Å². The molecule has 6 heteroatoms. The second-order valence-electron chi connectivity index (χ2n) is 4.90. The van der Waals surface area contributed by atoms with E-state index in [-0.39, 0.29) is 29.8 Å². The van der Waals surface area contributed by atoms with E-state index in [0.29, 0.717) is 12.0 Å². The van der Waals surface area contributed by atoms with E-state index in [0.717, 1.165) is 5.56 Å². The first-order chi connectivity index (χ1) is 8.87. The fourth-order valence-corrected chi connectivity index (χ4v) is 3.89. The number of carbonyl (C=O) groups excluding carboxylic acids is 1. The molecule has 0 radical (unpaired) electrons. The minimum absolute atomic E-state index is 0.0682. The molecule has 4 nitrogen and oxygen atoms in total. The maximum atomic E-state index is 13.1. The summed E-state index contributed by atoms with van der Waals surface area (Å²) in [6.07, 6.45) is 0.386. The summed E-state index contributed by atoms with van der Waals surface area (Å²) in [5, 5.41) is 2.70. The van der Waals surface area contributed by atoms with Gasteiger partial charge in [0.1, 0.15) is 5.82 Å². The molecule has 0 aliphatic carbocycles. The molecular formula is C13H16FNO3S. The van der Waals surface area contributed by atoms with Crippen LogP contribution in [-0.2, 0) is 21.2 Å². The quantitative estimate of drug-likeness (QED) is 0.907. The Balaban J connectivity index is 1.92. The van der Waals surface area contributed by atoms with Crippen LogP contribution in [0, 0.1) is 18.7 Å². The average Bonchev–Trinajstić information content (AvgIpc) is 2.71. The Hall–Kier alpha value is -1.43. The van der Waals surface area contributed by atoms with E-state index in [1.165, 1.54) is 6.07 Å². The zero-order chi connectivity index (χ0) is 14.0. The van der Waals surface area contributed by atoms with Gasteiger partial charge in [-0.3, -0.25) is 4.79 Å². The third-order valence-corrected chi connectivity index (χ3v) is 5.06. The Morgan fingerprint density at radius 1 is 1.47 bits per heavy atom. The molecule has 1 unspecified atom stereocenters. The van der Waals surface area contributed by atoms with Gasteiger partial charge < -0.3 is 5.32 Å². The zero-order valence-electron chi connectivity index (χ0n) is 10.6. The fourth-order valence-electron chi connectivity index (χ4n) is 2.15. The van der Waals surface area contributed by atoms with Crippen molar-refractivity contribution in [1.82, 2.24) is 5.32 Å². The van der Waals surface area contributed by atoms with Crippen molar-refractivity contribution in [2.75, 3.05) is 11.5 Å². The SMILES string of the molecule is Cc1cc(CNC(=O)C2CCS(=O)(=O)C2)ccc1F. The molecule has 1 fully saturated rings. The fraction of sp³-hybridized carbons (Fsp3) is 0.462. The van der Waals surface area contributed by atoms with Crippen LogP contribution in [0.25, 0.3) is 0 Å². The lowest BCUT2D eigenvalue weighted by molar-refractivity contribution is -0.124. The first kappa shape index (κ1) is 14.0. The Labute approximate surface area is 111 Å². The highest BCUT2D eigenvalue weighted by Crippen LogP contribution is 2.18. The van der Waals surface area contributed by atoms with Gasteiger partial charge in [0.05, 0.1) is 17.4 Å². The van der Waals surface area contributed by atoms with Gasteiger partial charge in [-0.15, -0.1) is 0 Å². The minimum Gasteiger partial charge on any atom is -0.352 e. The van der Waals surface area contributed by atoms with Gasteiger partial charge in [-0.05, 0) is 30.5 Å². The number of hydrogen-bond acceptors (Lipinski definition) is 3. The standard InChI is InChI=1S/C13H16FNO3S/c1-9-6-10(2-3-12(9)14)7-15-13(16)11-4-5-19(17,18)8-11/h2-3,6,11H,4-5,7-8H2,1H3,(H,15,16).